The van der Waals surface area contributed by atoms with E-state index in [-0.39, 0.29) is 0 Å². The summed E-state index contributed by atoms with van der Waals surface area (Å²) in [5.41, 5.74) is 7.05. The predicted molar refractivity (Wildman–Crippen MR) is 61.4 cm³/mol. The van der Waals surface area contributed by atoms with Crippen LogP contribution >= 0.6 is 0 Å². The molecule has 1 unspecified atom stereocenters. The summed E-state index contributed by atoms with van der Waals surface area (Å²) >= 11 is 0. The molecule has 2 heterocycles. The van der Waals surface area contributed by atoms with Crippen LogP contribution in [0.3, 0.4) is 0 Å². The van der Waals surface area contributed by atoms with Gasteiger partial charge in [0.05, 0.1) is 5.69 Å². The molecule has 0 bridgehead atoms. The van der Waals surface area contributed by atoms with Crippen molar-refractivity contribution in [1.82, 2.24) is 9.88 Å². The first kappa shape index (κ1) is 10.6. The molecule has 1 aromatic heterocycles. The van der Waals surface area contributed by atoms with E-state index >= 15 is 0 Å². The van der Waals surface area contributed by atoms with Crippen molar-refractivity contribution < 1.29 is 0 Å². The minimum atomic E-state index is 0.400. The van der Waals surface area contributed by atoms with E-state index in [1.54, 1.807) is 0 Å². The second kappa shape index (κ2) is 4.73. The predicted octanol–water partition coefficient (Wildman–Crippen LogP) is 1.57. The van der Waals surface area contributed by atoms with Crippen molar-refractivity contribution in [2.75, 3.05) is 13.1 Å². The monoisotopic (exact) mass is 205 g/mol. The van der Waals surface area contributed by atoms with Crippen molar-refractivity contribution in [3.05, 3.63) is 30.1 Å². The van der Waals surface area contributed by atoms with Crippen molar-refractivity contribution in [3.8, 4) is 0 Å². The fourth-order valence-electron chi connectivity index (χ4n) is 2.12. The maximum Gasteiger partial charge on any atom is 0.0572 e. The highest BCUT2D eigenvalue weighted by Gasteiger charge is 2.21. The van der Waals surface area contributed by atoms with Crippen LogP contribution in [0.2, 0.25) is 0 Å². The summed E-state index contributed by atoms with van der Waals surface area (Å²) in [6.07, 6.45) is 4.08. The van der Waals surface area contributed by atoms with Crippen LogP contribution in [-0.4, -0.2) is 29.0 Å². The molecule has 1 fully saturated rings. The summed E-state index contributed by atoms with van der Waals surface area (Å²) in [6, 6.07) is 6.92. The summed E-state index contributed by atoms with van der Waals surface area (Å²) in [5, 5.41) is 0. The Balaban J connectivity index is 1.99. The number of hydrogen-bond donors (Lipinski definition) is 1. The molecule has 1 aromatic rings. The average Bonchev–Trinajstić information content (AvgIpc) is 2.30. The average molecular weight is 205 g/mol. The van der Waals surface area contributed by atoms with Gasteiger partial charge < -0.3 is 5.73 Å². The minimum absolute atomic E-state index is 0.400. The van der Waals surface area contributed by atoms with Gasteiger partial charge >= 0.3 is 0 Å². The van der Waals surface area contributed by atoms with Crippen molar-refractivity contribution in [3.63, 3.8) is 0 Å². The lowest BCUT2D eigenvalue weighted by molar-refractivity contribution is 0.161. The highest BCUT2D eigenvalue weighted by atomic mass is 15.2. The molecule has 3 heteroatoms. The van der Waals surface area contributed by atoms with Gasteiger partial charge in [-0.1, -0.05) is 6.07 Å². The minimum Gasteiger partial charge on any atom is -0.328 e. The molecule has 1 aliphatic heterocycles. The molecule has 15 heavy (non-hydrogen) atoms. The molecule has 0 spiro atoms. The zero-order valence-electron chi connectivity index (χ0n) is 9.26. The Morgan fingerprint density at radius 2 is 2.13 bits per heavy atom. The Morgan fingerprint density at radius 1 is 1.40 bits per heavy atom. The summed E-state index contributed by atoms with van der Waals surface area (Å²) in [4.78, 5) is 6.86. The van der Waals surface area contributed by atoms with Crippen molar-refractivity contribution in [2.24, 2.45) is 5.73 Å². The van der Waals surface area contributed by atoms with Crippen LogP contribution in [0.5, 0.6) is 0 Å². The van der Waals surface area contributed by atoms with E-state index < -0.39 is 0 Å². The molecule has 1 atom stereocenters. The maximum absolute atomic E-state index is 5.89. The molecular formula is C12H19N3. The molecule has 82 valence electrons. The van der Waals surface area contributed by atoms with E-state index in [4.69, 9.17) is 5.73 Å². The van der Waals surface area contributed by atoms with E-state index in [2.05, 4.69) is 28.9 Å². The fourth-order valence-corrected chi connectivity index (χ4v) is 2.12. The Bertz CT molecular complexity index is 291. The lowest BCUT2D eigenvalue weighted by atomic mass is 10.0. The fraction of sp³-hybridized carbons (Fsp3) is 0.583. The normalized spacial score (nSPS) is 21.5. The molecule has 1 aliphatic rings. The molecular weight excluding hydrogens is 186 g/mol. The van der Waals surface area contributed by atoms with Crippen LogP contribution in [0.15, 0.2) is 24.4 Å². The lowest BCUT2D eigenvalue weighted by Crippen LogP contribution is -2.40. The SMILES string of the molecule is CC(c1ccccn1)N1CCC(N)CC1. The van der Waals surface area contributed by atoms with Crippen LogP contribution in [0.25, 0.3) is 0 Å². The van der Waals surface area contributed by atoms with Gasteiger partial charge in [-0.05, 0) is 31.9 Å². The van der Waals surface area contributed by atoms with Gasteiger partial charge in [0.25, 0.3) is 0 Å². The quantitative estimate of drug-likeness (QED) is 0.797. The van der Waals surface area contributed by atoms with Gasteiger partial charge in [0.2, 0.25) is 0 Å². The van der Waals surface area contributed by atoms with Gasteiger partial charge in [0.1, 0.15) is 0 Å². The van der Waals surface area contributed by atoms with Crippen LogP contribution in [-0.2, 0) is 0 Å². The highest BCUT2D eigenvalue weighted by Crippen LogP contribution is 2.21. The molecule has 2 N–H and O–H groups in total. The van der Waals surface area contributed by atoms with Crippen molar-refractivity contribution in [2.45, 2.75) is 31.8 Å². The first-order valence-electron chi connectivity index (χ1n) is 5.68. The van der Waals surface area contributed by atoms with Crippen LogP contribution in [0, 0.1) is 0 Å². The number of piperidine rings is 1. The Labute approximate surface area is 91.3 Å². The zero-order valence-corrected chi connectivity index (χ0v) is 9.26. The van der Waals surface area contributed by atoms with E-state index in [0.29, 0.717) is 12.1 Å². The number of rotatable bonds is 2. The Kier molecular flexibility index (Phi) is 3.34. The molecule has 3 nitrogen and oxygen atoms in total. The first-order chi connectivity index (χ1) is 7.27. The largest absolute Gasteiger partial charge is 0.328 e. The molecule has 0 radical (unpaired) electrons. The summed E-state index contributed by atoms with van der Waals surface area (Å²) in [6.45, 7) is 4.41. The number of pyridine rings is 1. The van der Waals surface area contributed by atoms with Gasteiger partial charge in [0, 0.05) is 31.4 Å². The standard InChI is InChI=1S/C12H19N3/c1-10(12-4-2-3-7-14-12)15-8-5-11(13)6-9-15/h2-4,7,10-11H,5-6,8-9,13H2,1H3. The second-order valence-corrected chi connectivity index (χ2v) is 4.30. The highest BCUT2D eigenvalue weighted by molar-refractivity contribution is 5.08. The third kappa shape index (κ3) is 2.55. The summed E-state index contributed by atoms with van der Waals surface area (Å²) < 4.78 is 0. The molecule has 2 rings (SSSR count). The maximum atomic E-state index is 5.89. The zero-order chi connectivity index (χ0) is 10.7. The lowest BCUT2D eigenvalue weighted by Gasteiger charge is -2.34. The van der Waals surface area contributed by atoms with Crippen LogP contribution in [0.1, 0.15) is 31.5 Å². The van der Waals surface area contributed by atoms with Crippen molar-refractivity contribution >= 4 is 0 Å². The third-order valence-corrected chi connectivity index (χ3v) is 3.24. The van der Waals surface area contributed by atoms with Gasteiger partial charge in [-0.25, -0.2) is 0 Å². The second-order valence-electron chi connectivity index (χ2n) is 4.30. The molecule has 0 saturated carbocycles. The van der Waals surface area contributed by atoms with Gasteiger partial charge in [-0.15, -0.1) is 0 Å². The molecule has 0 aliphatic carbocycles. The van der Waals surface area contributed by atoms with Gasteiger partial charge in [-0.3, -0.25) is 9.88 Å². The smallest absolute Gasteiger partial charge is 0.0572 e. The number of nitrogens with two attached hydrogens (primary N) is 1. The first-order valence-corrected chi connectivity index (χ1v) is 5.68. The molecule has 0 aromatic carbocycles. The van der Waals surface area contributed by atoms with E-state index in [9.17, 15) is 0 Å². The number of nitrogens with zero attached hydrogens (tertiary/aromatic N) is 2. The summed E-state index contributed by atoms with van der Waals surface area (Å²) in [5.74, 6) is 0. The summed E-state index contributed by atoms with van der Waals surface area (Å²) in [7, 11) is 0. The van der Waals surface area contributed by atoms with E-state index in [1.165, 1.54) is 0 Å². The number of likely N-dealkylation sites (tertiary alicyclic amines) is 1. The van der Waals surface area contributed by atoms with Gasteiger partial charge in [-0.2, -0.15) is 0 Å². The Morgan fingerprint density at radius 3 is 2.73 bits per heavy atom. The van der Waals surface area contributed by atoms with Crippen LogP contribution < -0.4 is 5.73 Å². The van der Waals surface area contributed by atoms with Gasteiger partial charge in [0.15, 0.2) is 0 Å². The Hall–Kier alpha value is -0.930. The molecule has 1 saturated heterocycles. The third-order valence-electron chi connectivity index (χ3n) is 3.24. The van der Waals surface area contributed by atoms with Crippen LogP contribution in [0.4, 0.5) is 0 Å². The van der Waals surface area contributed by atoms with Crippen molar-refractivity contribution in [1.29, 1.82) is 0 Å². The topological polar surface area (TPSA) is 42.2 Å². The number of hydrogen-bond acceptors (Lipinski definition) is 3. The van der Waals surface area contributed by atoms with E-state index in [0.717, 1.165) is 31.6 Å². The molecule has 0 amide bonds. The number of aromatic nitrogens is 1. The van der Waals surface area contributed by atoms with E-state index in [1.807, 2.05) is 12.3 Å².